The van der Waals surface area contributed by atoms with Gasteiger partial charge in [-0.2, -0.15) is 0 Å². The lowest BCUT2D eigenvalue weighted by Crippen LogP contribution is -2.42. The summed E-state index contributed by atoms with van der Waals surface area (Å²) in [5.41, 5.74) is 1.81. The molecule has 0 bridgehead atoms. The summed E-state index contributed by atoms with van der Waals surface area (Å²) in [4.78, 5) is 1.26. The number of thioether (sulfide) groups is 1. The Labute approximate surface area is 131 Å². The van der Waals surface area contributed by atoms with Gasteiger partial charge in [-0.3, -0.25) is 0 Å². The lowest BCUT2D eigenvalue weighted by atomic mass is 9.87. The first-order chi connectivity index (χ1) is 9.75. The van der Waals surface area contributed by atoms with Crippen molar-refractivity contribution in [2.75, 3.05) is 17.7 Å². The van der Waals surface area contributed by atoms with Gasteiger partial charge in [0, 0.05) is 20.8 Å². The minimum Gasteiger partial charge on any atom is -0.394 e. The first-order valence-electron chi connectivity index (χ1n) is 6.61. The smallest absolute Gasteiger partial charge is 0.0875 e. The molecule has 1 aliphatic heterocycles. The average molecular weight is 350 g/mol. The van der Waals surface area contributed by atoms with Gasteiger partial charge in [-0.15, -0.1) is 11.8 Å². The normalized spacial score (nSPS) is 21.3. The molecule has 0 spiro atoms. The maximum Gasteiger partial charge on any atom is 0.0875 e. The molecule has 0 radical (unpaired) electrons. The average Bonchev–Trinajstić information content (AvgIpc) is 2.50. The van der Waals surface area contributed by atoms with E-state index in [0.29, 0.717) is 0 Å². The van der Waals surface area contributed by atoms with E-state index in [9.17, 15) is 5.11 Å². The topological polar surface area (TPSA) is 32.3 Å². The predicted molar refractivity (Wildman–Crippen MR) is 88.3 cm³/mol. The molecule has 0 aliphatic carbocycles. The molecule has 2 aromatic carbocycles. The first-order valence-corrected chi connectivity index (χ1v) is 8.39. The van der Waals surface area contributed by atoms with Gasteiger partial charge in [-0.1, -0.05) is 30.3 Å². The van der Waals surface area contributed by atoms with E-state index >= 15 is 0 Å². The molecule has 1 atom stereocenters. The Morgan fingerprint density at radius 2 is 1.90 bits per heavy atom. The molecule has 0 amide bonds. The molecule has 2 N–H and O–H groups in total. The highest BCUT2D eigenvalue weighted by Crippen LogP contribution is 2.42. The number of aliphatic hydroxyl groups excluding tert-OH is 1. The number of nitrogens with one attached hydrogen (secondary N) is 1. The summed E-state index contributed by atoms with van der Waals surface area (Å²) in [5, 5.41) is 13.6. The minimum absolute atomic E-state index is 0.0892. The second-order valence-corrected chi connectivity index (χ2v) is 6.93. The minimum atomic E-state index is -0.397. The van der Waals surface area contributed by atoms with Crippen molar-refractivity contribution in [3.05, 3.63) is 58.6 Å². The summed E-state index contributed by atoms with van der Waals surface area (Å²) < 4.78 is 1.02. The lowest BCUT2D eigenvalue weighted by molar-refractivity contribution is 0.205. The van der Waals surface area contributed by atoms with Crippen LogP contribution in [-0.4, -0.2) is 17.5 Å². The SMILES string of the molecule is OCC1(Nc2ccccc2Br)CCSc2ccccc21. The predicted octanol–water partition coefficient (Wildman–Crippen LogP) is 4.24. The number of aliphatic hydroxyl groups is 1. The van der Waals surface area contributed by atoms with E-state index in [-0.39, 0.29) is 6.61 Å². The molecule has 2 aromatic rings. The van der Waals surface area contributed by atoms with Crippen molar-refractivity contribution in [3.8, 4) is 0 Å². The number of para-hydroxylation sites is 1. The van der Waals surface area contributed by atoms with Crippen LogP contribution in [-0.2, 0) is 5.54 Å². The van der Waals surface area contributed by atoms with Crippen molar-refractivity contribution >= 4 is 33.4 Å². The zero-order chi connectivity index (χ0) is 14.0. The Hall–Kier alpha value is -0.970. The summed E-state index contributed by atoms with van der Waals surface area (Å²) in [6, 6.07) is 16.4. The van der Waals surface area contributed by atoms with Crippen LogP contribution >= 0.6 is 27.7 Å². The van der Waals surface area contributed by atoms with Crippen molar-refractivity contribution in [2.45, 2.75) is 16.9 Å². The molecule has 2 nitrogen and oxygen atoms in total. The van der Waals surface area contributed by atoms with Crippen molar-refractivity contribution in [1.82, 2.24) is 0 Å². The Kier molecular flexibility index (Phi) is 4.06. The molecule has 0 fully saturated rings. The maximum absolute atomic E-state index is 10.1. The van der Waals surface area contributed by atoms with Crippen LogP contribution in [0.25, 0.3) is 0 Å². The fourth-order valence-electron chi connectivity index (χ4n) is 2.61. The maximum atomic E-state index is 10.1. The van der Waals surface area contributed by atoms with E-state index in [1.54, 1.807) is 0 Å². The Balaban J connectivity index is 2.03. The Morgan fingerprint density at radius 1 is 1.15 bits per heavy atom. The molecule has 0 saturated carbocycles. The zero-order valence-electron chi connectivity index (χ0n) is 11.0. The molecule has 0 aromatic heterocycles. The largest absolute Gasteiger partial charge is 0.394 e. The van der Waals surface area contributed by atoms with Crippen molar-refractivity contribution in [1.29, 1.82) is 0 Å². The molecule has 20 heavy (non-hydrogen) atoms. The second kappa shape index (κ2) is 5.80. The standard InChI is InChI=1S/C16H16BrNOS/c17-13-6-2-3-7-14(13)18-16(11-19)9-10-20-15-8-4-1-5-12(15)16/h1-8,18-19H,9-11H2. The molecule has 0 saturated heterocycles. The van der Waals surface area contributed by atoms with Gasteiger partial charge in [-0.05, 0) is 46.1 Å². The second-order valence-electron chi connectivity index (χ2n) is 4.94. The number of hydrogen-bond acceptors (Lipinski definition) is 3. The van der Waals surface area contributed by atoms with Gasteiger partial charge in [0.05, 0.1) is 12.1 Å². The summed E-state index contributed by atoms with van der Waals surface area (Å²) in [5.74, 6) is 1.01. The van der Waals surface area contributed by atoms with E-state index in [1.165, 1.54) is 10.5 Å². The zero-order valence-corrected chi connectivity index (χ0v) is 13.4. The van der Waals surface area contributed by atoms with Gasteiger partial charge in [-0.25, -0.2) is 0 Å². The van der Waals surface area contributed by atoms with E-state index < -0.39 is 5.54 Å². The van der Waals surface area contributed by atoms with Crippen molar-refractivity contribution in [3.63, 3.8) is 0 Å². The van der Waals surface area contributed by atoms with Gasteiger partial charge in [0.15, 0.2) is 0 Å². The summed E-state index contributed by atoms with van der Waals surface area (Å²) in [6.45, 7) is 0.0892. The molecule has 4 heteroatoms. The van der Waals surface area contributed by atoms with Crippen LogP contribution in [0, 0.1) is 0 Å². The molecule has 104 valence electrons. The van der Waals surface area contributed by atoms with E-state index in [4.69, 9.17) is 0 Å². The van der Waals surface area contributed by atoms with Crippen LogP contribution in [0.15, 0.2) is 57.9 Å². The Bertz CT molecular complexity index is 619. The van der Waals surface area contributed by atoms with Crippen LogP contribution in [0.2, 0.25) is 0 Å². The van der Waals surface area contributed by atoms with Crippen molar-refractivity contribution in [2.24, 2.45) is 0 Å². The summed E-state index contributed by atoms with van der Waals surface area (Å²) >= 11 is 5.43. The van der Waals surface area contributed by atoms with E-state index in [1.807, 2.05) is 42.1 Å². The number of halogens is 1. The fraction of sp³-hybridized carbons (Fsp3) is 0.250. The van der Waals surface area contributed by atoms with Gasteiger partial charge >= 0.3 is 0 Å². The lowest BCUT2D eigenvalue weighted by Gasteiger charge is -2.39. The summed E-state index contributed by atoms with van der Waals surface area (Å²) in [7, 11) is 0. The first kappa shape index (κ1) is 14.0. The number of rotatable bonds is 3. The fourth-order valence-corrected chi connectivity index (χ4v) is 4.26. The van der Waals surface area contributed by atoms with Crippen LogP contribution in [0.4, 0.5) is 5.69 Å². The monoisotopic (exact) mass is 349 g/mol. The van der Waals surface area contributed by atoms with Gasteiger partial charge in [0.1, 0.15) is 0 Å². The summed E-state index contributed by atoms with van der Waals surface area (Å²) in [6.07, 6.45) is 0.909. The number of fused-ring (bicyclic) bond motifs is 1. The quantitative estimate of drug-likeness (QED) is 0.868. The molecule has 3 rings (SSSR count). The number of hydrogen-bond donors (Lipinski definition) is 2. The highest BCUT2D eigenvalue weighted by Gasteiger charge is 2.36. The van der Waals surface area contributed by atoms with E-state index in [0.717, 1.165) is 22.3 Å². The van der Waals surface area contributed by atoms with Gasteiger partial charge in [0.25, 0.3) is 0 Å². The van der Waals surface area contributed by atoms with Gasteiger partial charge in [0.2, 0.25) is 0 Å². The molecular formula is C16H16BrNOS. The molecular weight excluding hydrogens is 334 g/mol. The highest BCUT2D eigenvalue weighted by atomic mass is 79.9. The third-order valence-electron chi connectivity index (χ3n) is 3.71. The van der Waals surface area contributed by atoms with Gasteiger partial charge < -0.3 is 10.4 Å². The van der Waals surface area contributed by atoms with E-state index in [2.05, 4.69) is 39.4 Å². The molecule has 1 unspecified atom stereocenters. The number of anilines is 1. The van der Waals surface area contributed by atoms with Crippen LogP contribution in [0.5, 0.6) is 0 Å². The molecule has 1 heterocycles. The Morgan fingerprint density at radius 3 is 2.70 bits per heavy atom. The van der Waals surface area contributed by atoms with Crippen LogP contribution in [0.3, 0.4) is 0 Å². The third kappa shape index (κ3) is 2.48. The molecule has 1 aliphatic rings. The van der Waals surface area contributed by atoms with Crippen LogP contribution in [0.1, 0.15) is 12.0 Å². The number of benzene rings is 2. The van der Waals surface area contributed by atoms with Crippen molar-refractivity contribution < 1.29 is 5.11 Å². The van der Waals surface area contributed by atoms with Crippen LogP contribution < -0.4 is 5.32 Å². The highest BCUT2D eigenvalue weighted by molar-refractivity contribution is 9.10. The third-order valence-corrected chi connectivity index (χ3v) is 5.47.